The molecule has 1 aromatic rings. The fraction of sp³-hybridized carbons (Fsp3) is 0.500. The molecular formula is C16H23N3O2. The van der Waals surface area contributed by atoms with Gasteiger partial charge in [0, 0.05) is 18.3 Å². The van der Waals surface area contributed by atoms with Crippen molar-refractivity contribution in [2.75, 3.05) is 24.5 Å². The minimum Gasteiger partial charge on any atom is -0.359 e. The highest BCUT2D eigenvalue weighted by atomic mass is 16.2. The van der Waals surface area contributed by atoms with Crippen LogP contribution in [-0.4, -0.2) is 37.5 Å². The number of benzene rings is 1. The van der Waals surface area contributed by atoms with Crippen LogP contribution in [0.25, 0.3) is 0 Å². The number of hydrogen-bond acceptors (Lipinski definition) is 3. The van der Waals surface area contributed by atoms with Crippen LogP contribution in [0, 0.1) is 0 Å². The molecule has 0 aromatic heterocycles. The van der Waals surface area contributed by atoms with E-state index in [1.165, 1.54) is 5.56 Å². The number of fused-ring (bicyclic) bond motifs is 1. The van der Waals surface area contributed by atoms with Gasteiger partial charge in [0.1, 0.15) is 0 Å². The molecule has 0 spiro atoms. The molecule has 2 rings (SSSR count). The monoisotopic (exact) mass is 289 g/mol. The molecule has 114 valence electrons. The molecule has 1 aliphatic heterocycles. The molecule has 0 saturated carbocycles. The Bertz CT molecular complexity index is 516. The zero-order valence-corrected chi connectivity index (χ0v) is 12.7. The van der Waals surface area contributed by atoms with Gasteiger partial charge in [0.05, 0.1) is 13.1 Å². The summed E-state index contributed by atoms with van der Waals surface area (Å²) in [5.74, 6) is -0.259. The lowest BCUT2D eigenvalue weighted by Crippen LogP contribution is -2.43. The third kappa shape index (κ3) is 3.97. The number of anilines is 1. The summed E-state index contributed by atoms with van der Waals surface area (Å²) >= 11 is 0. The Morgan fingerprint density at radius 1 is 1.24 bits per heavy atom. The second-order valence-electron chi connectivity index (χ2n) is 5.44. The van der Waals surface area contributed by atoms with Gasteiger partial charge in [-0.1, -0.05) is 25.1 Å². The molecule has 0 saturated heterocycles. The van der Waals surface area contributed by atoms with Gasteiger partial charge in [-0.2, -0.15) is 0 Å². The number of rotatable bonds is 6. The molecule has 2 N–H and O–H groups in total. The van der Waals surface area contributed by atoms with Crippen molar-refractivity contribution < 1.29 is 9.59 Å². The van der Waals surface area contributed by atoms with Crippen molar-refractivity contribution in [2.24, 2.45) is 0 Å². The lowest BCUT2D eigenvalue weighted by Gasteiger charge is -2.24. The molecule has 2 amide bonds. The molecule has 0 bridgehead atoms. The van der Waals surface area contributed by atoms with E-state index in [0.717, 1.165) is 18.5 Å². The zero-order valence-electron chi connectivity index (χ0n) is 12.7. The minimum atomic E-state index is -0.139. The van der Waals surface area contributed by atoms with Crippen LogP contribution in [0.2, 0.25) is 0 Å². The van der Waals surface area contributed by atoms with Gasteiger partial charge >= 0.3 is 0 Å². The predicted octanol–water partition coefficient (Wildman–Crippen LogP) is 1.08. The number of nitrogens with zero attached hydrogens (tertiary/aromatic N) is 1. The Morgan fingerprint density at radius 3 is 2.76 bits per heavy atom. The second kappa shape index (κ2) is 7.11. The third-order valence-corrected chi connectivity index (χ3v) is 3.68. The third-order valence-electron chi connectivity index (χ3n) is 3.68. The topological polar surface area (TPSA) is 61.4 Å². The highest BCUT2D eigenvalue weighted by Gasteiger charge is 2.26. The maximum absolute atomic E-state index is 12.0. The predicted molar refractivity (Wildman–Crippen MR) is 83.3 cm³/mol. The van der Waals surface area contributed by atoms with Gasteiger partial charge < -0.3 is 15.5 Å². The summed E-state index contributed by atoms with van der Waals surface area (Å²) in [4.78, 5) is 25.6. The van der Waals surface area contributed by atoms with Crippen molar-refractivity contribution in [2.45, 2.75) is 32.7 Å². The lowest BCUT2D eigenvalue weighted by atomic mass is 10.1. The van der Waals surface area contributed by atoms with Crippen LogP contribution in [0.3, 0.4) is 0 Å². The van der Waals surface area contributed by atoms with E-state index < -0.39 is 0 Å². The van der Waals surface area contributed by atoms with Gasteiger partial charge in [-0.25, -0.2) is 0 Å². The molecule has 5 nitrogen and oxygen atoms in total. The van der Waals surface area contributed by atoms with E-state index in [9.17, 15) is 9.59 Å². The van der Waals surface area contributed by atoms with Crippen molar-refractivity contribution >= 4 is 17.5 Å². The largest absolute Gasteiger partial charge is 0.359 e. The van der Waals surface area contributed by atoms with Gasteiger partial charge in [0.15, 0.2) is 0 Å². The Morgan fingerprint density at radius 2 is 2.00 bits per heavy atom. The standard InChI is InChI=1S/C16H23N3O2/c1-3-8-17-15(20)10-18-16(21)11-19-12(2)9-13-6-4-5-7-14(13)19/h4-7,12H,3,8-11H2,1-2H3,(H,17,20)(H,18,21)/t12-/m0/s1. The number of para-hydroxylation sites is 1. The van der Waals surface area contributed by atoms with Crippen LogP contribution in [-0.2, 0) is 16.0 Å². The first-order valence-electron chi connectivity index (χ1n) is 7.49. The molecule has 0 radical (unpaired) electrons. The van der Waals surface area contributed by atoms with E-state index in [1.54, 1.807) is 0 Å². The average Bonchev–Trinajstić information content (AvgIpc) is 2.79. The molecule has 5 heteroatoms. The number of carbonyl (C=O) groups is 2. The first-order valence-corrected chi connectivity index (χ1v) is 7.49. The number of carbonyl (C=O) groups excluding carboxylic acids is 2. The maximum atomic E-state index is 12.0. The number of hydrogen-bond donors (Lipinski definition) is 2. The van der Waals surface area contributed by atoms with E-state index in [2.05, 4.69) is 28.5 Å². The smallest absolute Gasteiger partial charge is 0.239 e. The Labute approximate surface area is 125 Å². The molecule has 0 aliphatic carbocycles. The minimum absolute atomic E-state index is 0.0443. The van der Waals surface area contributed by atoms with Crippen molar-refractivity contribution in [3.63, 3.8) is 0 Å². The van der Waals surface area contributed by atoms with Gasteiger partial charge in [0.25, 0.3) is 0 Å². The highest BCUT2D eigenvalue weighted by molar-refractivity contribution is 5.87. The Balaban J connectivity index is 1.84. The molecule has 1 aromatic carbocycles. The van der Waals surface area contributed by atoms with Crippen LogP contribution in [0.15, 0.2) is 24.3 Å². The van der Waals surface area contributed by atoms with Gasteiger partial charge in [0.2, 0.25) is 11.8 Å². The van der Waals surface area contributed by atoms with Crippen molar-refractivity contribution in [3.05, 3.63) is 29.8 Å². The summed E-state index contributed by atoms with van der Waals surface area (Å²) in [6, 6.07) is 8.46. The molecular weight excluding hydrogens is 266 g/mol. The fourth-order valence-electron chi connectivity index (χ4n) is 2.59. The Kier molecular flexibility index (Phi) is 5.20. The molecule has 1 atom stereocenters. The molecule has 0 fully saturated rings. The highest BCUT2D eigenvalue weighted by Crippen LogP contribution is 2.31. The van der Waals surface area contributed by atoms with E-state index in [-0.39, 0.29) is 18.4 Å². The van der Waals surface area contributed by atoms with Crippen LogP contribution in [0.1, 0.15) is 25.8 Å². The number of nitrogens with one attached hydrogen (secondary N) is 2. The first kappa shape index (κ1) is 15.4. The summed E-state index contributed by atoms with van der Waals surface area (Å²) in [6.45, 7) is 5.08. The van der Waals surface area contributed by atoms with E-state index in [0.29, 0.717) is 19.1 Å². The van der Waals surface area contributed by atoms with E-state index in [4.69, 9.17) is 0 Å². The van der Waals surface area contributed by atoms with Gasteiger partial charge in [-0.3, -0.25) is 9.59 Å². The molecule has 21 heavy (non-hydrogen) atoms. The zero-order chi connectivity index (χ0) is 15.2. The van der Waals surface area contributed by atoms with Crippen LogP contribution in [0.4, 0.5) is 5.69 Å². The summed E-state index contributed by atoms with van der Waals surface area (Å²) in [6.07, 6.45) is 1.85. The van der Waals surface area contributed by atoms with Gasteiger partial charge in [-0.15, -0.1) is 0 Å². The summed E-state index contributed by atoms with van der Waals surface area (Å²) in [5, 5.41) is 5.42. The number of amides is 2. The summed E-state index contributed by atoms with van der Waals surface area (Å²) in [5.41, 5.74) is 2.40. The van der Waals surface area contributed by atoms with Crippen molar-refractivity contribution in [1.82, 2.24) is 10.6 Å². The fourth-order valence-corrected chi connectivity index (χ4v) is 2.59. The van der Waals surface area contributed by atoms with E-state index >= 15 is 0 Å². The van der Waals surface area contributed by atoms with Crippen molar-refractivity contribution in [3.8, 4) is 0 Å². The summed E-state index contributed by atoms with van der Waals surface area (Å²) < 4.78 is 0. The first-order chi connectivity index (χ1) is 10.1. The van der Waals surface area contributed by atoms with E-state index in [1.807, 2.05) is 25.1 Å². The SMILES string of the molecule is CCCNC(=O)CNC(=O)CN1c2ccccc2C[C@@H]1C. The van der Waals surface area contributed by atoms with Crippen molar-refractivity contribution in [1.29, 1.82) is 0 Å². The molecule has 1 aliphatic rings. The lowest BCUT2D eigenvalue weighted by molar-refractivity contribution is -0.125. The molecule has 0 unspecified atom stereocenters. The normalized spacial score (nSPS) is 16.5. The van der Waals surface area contributed by atoms with Gasteiger partial charge in [-0.05, 0) is 31.4 Å². The van der Waals surface area contributed by atoms with Crippen LogP contribution < -0.4 is 15.5 Å². The average molecular weight is 289 g/mol. The van der Waals surface area contributed by atoms with Crippen LogP contribution in [0.5, 0.6) is 0 Å². The molecule has 1 heterocycles. The quantitative estimate of drug-likeness (QED) is 0.824. The second-order valence-corrected chi connectivity index (χ2v) is 5.44. The Hall–Kier alpha value is -2.04. The summed E-state index contributed by atoms with van der Waals surface area (Å²) in [7, 11) is 0. The van der Waals surface area contributed by atoms with Crippen LogP contribution >= 0.6 is 0 Å². The maximum Gasteiger partial charge on any atom is 0.239 e.